The molecule has 0 aliphatic carbocycles. The highest BCUT2D eigenvalue weighted by molar-refractivity contribution is 9.10. The van der Waals surface area contributed by atoms with Gasteiger partial charge < -0.3 is 9.84 Å². The van der Waals surface area contributed by atoms with Crippen LogP contribution >= 0.6 is 39.1 Å². The summed E-state index contributed by atoms with van der Waals surface area (Å²) in [5, 5.41) is 8.60. The van der Waals surface area contributed by atoms with Crippen molar-refractivity contribution < 1.29 is 23.1 Å². The number of carbonyl (C=O) groups is 1. The Labute approximate surface area is 134 Å². The van der Waals surface area contributed by atoms with Gasteiger partial charge in [-0.3, -0.25) is 0 Å². The molecule has 1 rings (SSSR count). The monoisotopic (exact) mass is 405 g/mol. The Kier molecular flexibility index (Phi) is 6.24. The molecule has 2 N–H and O–H groups in total. The zero-order chi connectivity index (χ0) is 15.5. The number of carboxylic acids is 1. The molecule has 20 heavy (non-hydrogen) atoms. The van der Waals surface area contributed by atoms with Crippen molar-refractivity contribution in [2.75, 3.05) is 13.7 Å². The van der Waals surface area contributed by atoms with Crippen LogP contribution in [0.3, 0.4) is 0 Å². The van der Waals surface area contributed by atoms with Crippen LogP contribution in [0.5, 0.6) is 0 Å². The Morgan fingerprint density at radius 3 is 2.35 bits per heavy atom. The number of hydrogen-bond donors (Lipinski definition) is 2. The fourth-order valence-electron chi connectivity index (χ4n) is 1.31. The van der Waals surface area contributed by atoms with Gasteiger partial charge >= 0.3 is 5.97 Å². The first-order valence-corrected chi connectivity index (χ1v) is 8.12. The van der Waals surface area contributed by atoms with Crippen molar-refractivity contribution in [1.29, 1.82) is 0 Å². The van der Waals surface area contributed by atoms with Gasteiger partial charge in [0.25, 0.3) is 0 Å². The number of benzene rings is 1. The van der Waals surface area contributed by atoms with Crippen LogP contribution in [-0.2, 0) is 19.6 Å². The third-order valence-corrected chi connectivity index (χ3v) is 5.05. The molecule has 10 heteroatoms. The first kappa shape index (κ1) is 17.7. The van der Waals surface area contributed by atoms with Crippen molar-refractivity contribution in [3.63, 3.8) is 0 Å². The maximum absolute atomic E-state index is 12.1. The van der Waals surface area contributed by atoms with Crippen molar-refractivity contribution in [1.82, 2.24) is 4.72 Å². The number of carboxylic acid groups (broad SMARTS) is 1. The lowest BCUT2D eigenvalue weighted by Crippen LogP contribution is -2.38. The number of sulfonamides is 1. The normalized spacial score (nSPS) is 13.2. The van der Waals surface area contributed by atoms with Gasteiger partial charge in [0.1, 0.15) is 4.90 Å². The molecule has 1 aromatic carbocycles. The number of rotatable bonds is 6. The van der Waals surface area contributed by atoms with Gasteiger partial charge in [-0.25, -0.2) is 17.9 Å². The van der Waals surface area contributed by atoms with Gasteiger partial charge in [-0.15, -0.1) is 0 Å². The van der Waals surface area contributed by atoms with E-state index >= 15 is 0 Å². The number of nitrogens with one attached hydrogen (secondary N) is 1. The van der Waals surface area contributed by atoms with Gasteiger partial charge in [-0.1, -0.05) is 39.1 Å². The first-order valence-electron chi connectivity index (χ1n) is 5.09. The molecular weight excluding hydrogens is 397 g/mol. The Hall–Kier alpha value is -0.380. The van der Waals surface area contributed by atoms with Crippen molar-refractivity contribution in [2.24, 2.45) is 0 Å². The standard InChI is InChI=1S/C10H10BrCl2NO5S/c1-19-8(10(15)16)4-14-20(17,18)9-6(12)2-5(11)3-7(9)13/h2-3,8,14H,4H2,1H3,(H,15,16). The van der Waals surface area contributed by atoms with E-state index in [9.17, 15) is 13.2 Å². The van der Waals surface area contributed by atoms with Crippen molar-refractivity contribution >= 4 is 55.1 Å². The average Bonchev–Trinajstić information content (AvgIpc) is 2.26. The predicted molar refractivity (Wildman–Crippen MR) is 77.8 cm³/mol. The predicted octanol–water partition coefficient (Wildman–Crippen LogP) is 2.13. The third-order valence-electron chi connectivity index (χ3n) is 2.25. The van der Waals surface area contributed by atoms with E-state index in [0.29, 0.717) is 4.47 Å². The molecule has 0 saturated heterocycles. The van der Waals surface area contributed by atoms with Crippen LogP contribution in [0.2, 0.25) is 10.0 Å². The number of aliphatic carboxylic acids is 1. The molecule has 0 bridgehead atoms. The molecule has 6 nitrogen and oxygen atoms in total. The summed E-state index contributed by atoms with van der Waals surface area (Å²) in [4.78, 5) is 10.4. The number of methoxy groups -OCH3 is 1. The minimum absolute atomic E-state index is 0.0823. The smallest absolute Gasteiger partial charge is 0.334 e. The molecule has 1 atom stereocenters. The van der Waals surface area contributed by atoms with E-state index in [1.54, 1.807) is 0 Å². The van der Waals surface area contributed by atoms with E-state index in [4.69, 9.17) is 28.3 Å². The van der Waals surface area contributed by atoms with Crippen molar-refractivity contribution in [2.45, 2.75) is 11.0 Å². The molecule has 0 aromatic heterocycles. The summed E-state index contributed by atoms with van der Waals surface area (Å²) < 4.78 is 31.4. The summed E-state index contributed by atoms with van der Waals surface area (Å²) in [5.74, 6) is -1.29. The topological polar surface area (TPSA) is 92.7 Å². The molecule has 0 aliphatic heterocycles. The van der Waals surface area contributed by atoms with Crippen LogP contribution < -0.4 is 4.72 Å². The third kappa shape index (κ3) is 4.31. The molecule has 0 aliphatic rings. The fourth-order valence-corrected chi connectivity index (χ4v) is 4.28. The quantitative estimate of drug-likeness (QED) is 0.754. The summed E-state index contributed by atoms with van der Waals surface area (Å²) in [7, 11) is -2.90. The van der Waals surface area contributed by atoms with Gasteiger partial charge in [-0.2, -0.15) is 0 Å². The van der Waals surface area contributed by atoms with Crippen LogP contribution in [0, 0.1) is 0 Å². The van der Waals surface area contributed by atoms with Gasteiger partial charge in [0.15, 0.2) is 6.10 Å². The molecule has 0 fully saturated rings. The zero-order valence-electron chi connectivity index (χ0n) is 10.1. The second-order valence-corrected chi connectivity index (χ2v) is 7.05. The van der Waals surface area contributed by atoms with E-state index in [0.717, 1.165) is 7.11 Å². The number of ether oxygens (including phenoxy) is 1. The molecule has 0 spiro atoms. The van der Waals surface area contributed by atoms with Crippen LogP contribution in [0.15, 0.2) is 21.5 Å². The highest BCUT2D eigenvalue weighted by Crippen LogP contribution is 2.32. The number of halogens is 3. The Morgan fingerprint density at radius 1 is 1.45 bits per heavy atom. The lowest BCUT2D eigenvalue weighted by Gasteiger charge is -2.13. The molecule has 0 amide bonds. The van der Waals surface area contributed by atoms with E-state index in [2.05, 4.69) is 25.4 Å². The minimum atomic E-state index is -4.06. The lowest BCUT2D eigenvalue weighted by molar-refractivity contribution is -0.147. The van der Waals surface area contributed by atoms with Gasteiger partial charge in [0.2, 0.25) is 10.0 Å². The molecule has 0 saturated carbocycles. The van der Waals surface area contributed by atoms with Crippen LogP contribution in [-0.4, -0.2) is 39.3 Å². The molecular formula is C10H10BrCl2NO5S. The lowest BCUT2D eigenvalue weighted by atomic mass is 10.4. The second kappa shape index (κ2) is 7.06. The Bertz CT molecular complexity index is 599. The first-order chi connectivity index (χ1) is 9.19. The largest absolute Gasteiger partial charge is 0.479 e. The molecule has 1 unspecified atom stereocenters. The zero-order valence-corrected chi connectivity index (χ0v) is 14.0. The van der Waals surface area contributed by atoms with Crippen molar-refractivity contribution in [3.8, 4) is 0 Å². The van der Waals surface area contributed by atoms with E-state index < -0.39 is 28.6 Å². The van der Waals surface area contributed by atoms with Crippen LogP contribution in [0.25, 0.3) is 0 Å². The molecule has 112 valence electrons. The second-order valence-electron chi connectivity index (χ2n) is 3.61. The fraction of sp³-hybridized carbons (Fsp3) is 0.300. The molecule has 0 heterocycles. The summed E-state index contributed by atoms with van der Waals surface area (Å²) >= 11 is 14.8. The SMILES string of the molecule is COC(CNS(=O)(=O)c1c(Cl)cc(Br)cc1Cl)C(=O)O. The molecule has 0 radical (unpaired) electrons. The number of hydrogen-bond acceptors (Lipinski definition) is 4. The van der Waals surface area contributed by atoms with E-state index in [1.165, 1.54) is 12.1 Å². The summed E-state index contributed by atoms with van der Waals surface area (Å²) in [6.45, 7) is -0.448. The van der Waals surface area contributed by atoms with E-state index in [1.807, 2.05) is 0 Å². The van der Waals surface area contributed by atoms with E-state index in [-0.39, 0.29) is 14.9 Å². The average molecular weight is 407 g/mol. The highest BCUT2D eigenvalue weighted by Gasteiger charge is 2.25. The summed E-state index contributed by atoms with van der Waals surface area (Å²) in [6.07, 6.45) is -1.31. The van der Waals surface area contributed by atoms with Crippen LogP contribution in [0.4, 0.5) is 0 Å². The maximum atomic E-state index is 12.1. The Balaban J connectivity index is 3.04. The maximum Gasteiger partial charge on any atom is 0.334 e. The Morgan fingerprint density at radius 2 is 1.95 bits per heavy atom. The highest BCUT2D eigenvalue weighted by atomic mass is 79.9. The van der Waals surface area contributed by atoms with Crippen molar-refractivity contribution in [3.05, 3.63) is 26.7 Å². The van der Waals surface area contributed by atoms with Gasteiger partial charge in [0.05, 0.1) is 10.0 Å². The van der Waals surface area contributed by atoms with Gasteiger partial charge in [0, 0.05) is 18.1 Å². The van der Waals surface area contributed by atoms with Crippen LogP contribution in [0.1, 0.15) is 0 Å². The minimum Gasteiger partial charge on any atom is -0.479 e. The summed E-state index contributed by atoms with van der Waals surface area (Å²) in [5.41, 5.74) is 0. The summed E-state index contributed by atoms with van der Waals surface area (Å²) in [6, 6.07) is 2.74. The molecule has 1 aromatic rings. The van der Waals surface area contributed by atoms with Gasteiger partial charge in [-0.05, 0) is 12.1 Å².